The SMILES string of the molecule is Cc1noc(C)c1COc1ccc(C(=O)Nc2cccc(Cl)n2)cc1. The second-order valence-corrected chi connectivity index (χ2v) is 5.80. The van der Waals surface area contributed by atoms with E-state index in [1.165, 1.54) is 0 Å². The molecule has 2 aromatic heterocycles. The minimum Gasteiger partial charge on any atom is -0.489 e. The van der Waals surface area contributed by atoms with Crippen molar-refractivity contribution >= 4 is 23.3 Å². The molecule has 0 aliphatic heterocycles. The van der Waals surface area contributed by atoms with Gasteiger partial charge in [0.15, 0.2) is 0 Å². The molecule has 6 nitrogen and oxygen atoms in total. The van der Waals surface area contributed by atoms with Crippen LogP contribution in [0.4, 0.5) is 5.82 Å². The fourth-order valence-corrected chi connectivity index (χ4v) is 2.40. The zero-order valence-corrected chi connectivity index (χ0v) is 14.5. The van der Waals surface area contributed by atoms with E-state index in [0.29, 0.717) is 28.9 Å². The van der Waals surface area contributed by atoms with Crippen LogP contribution in [0.3, 0.4) is 0 Å². The summed E-state index contributed by atoms with van der Waals surface area (Å²) in [5.74, 6) is 1.52. The van der Waals surface area contributed by atoms with E-state index in [1.54, 1.807) is 42.5 Å². The molecule has 7 heteroatoms. The van der Waals surface area contributed by atoms with Crippen molar-refractivity contribution in [3.63, 3.8) is 0 Å². The third kappa shape index (κ3) is 4.16. The summed E-state index contributed by atoms with van der Waals surface area (Å²) in [5.41, 5.74) is 2.22. The zero-order chi connectivity index (χ0) is 17.8. The second kappa shape index (κ2) is 7.36. The smallest absolute Gasteiger partial charge is 0.256 e. The summed E-state index contributed by atoms with van der Waals surface area (Å²) in [6.45, 7) is 4.07. The van der Waals surface area contributed by atoms with Crippen molar-refractivity contribution in [3.8, 4) is 5.75 Å². The first-order chi connectivity index (χ1) is 12.0. The summed E-state index contributed by atoms with van der Waals surface area (Å²) in [7, 11) is 0. The molecule has 0 atom stereocenters. The van der Waals surface area contributed by atoms with Crippen molar-refractivity contribution in [2.24, 2.45) is 0 Å². The Morgan fingerprint density at radius 1 is 1.20 bits per heavy atom. The lowest BCUT2D eigenvalue weighted by molar-refractivity contribution is 0.102. The highest BCUT2D eigenvalue weighted by Crippen LogP contribution is 2.18. The van der Waals surface area contributed by atoms with E-state index in [0.717, 1.165) is 17.0 Å². The molecular weight excluding hydrogens is 342 g/mol. The number of ether oxygens (including phenoxy) is 1. The molecule has 0 aliphatic rings. The van der Waals surface area contributed by atoms with Gasteiger partial charge in [-0.25, -0.2) is 4.98 Å². The van der Waals surface area contributed by atoms with Gasteiger partial charge in [-0.1, -0.05) is 22.8 Å². The molecule has 0 saturated carbocycles. The maximum atomic E-state index is 12.2. The molecule has 0 radical (unpaired) electrons. The standard InChI is InChI=1S/C18H16ClN3O3/c1-11-15(12(2)25-22-11)10-24-14-8-6-13(7-9-14)18(23)21-17-5-3-4-16(19)20-17/h3-9H,10H2,1-2H3,(H,20,21,23). The lowest BCUT2D eigenvalue weighted by Crippen LogP contribution is -2.12. The largest absolute Gasteiger partial charge is 0.489 e. The zero-order valence-electron chi connectivity index (χ0n) is 13.7. The predicted octanol–water partition coefficient (Wildman–Crippen LogP) is 4.17. The molecule has 1 aromatic carbocycles. The Labute approximate surface area is 149 Å². The molecule has 1 N–H and O–H groups in total. The molecule has 3 rings (SSSR count). The van der Waals surface area contributed by atoms with Crippen molar-refractivity contribution in [1.82, 2.24) is 10.1 Å². The monoisotopic (exact) mass is 357 g/mol. The number of amides is 1. The number of pyridine rings is 1. The first-order valence-electron chi connectivity index (χ1n) is 7.61. The average molecular weight is 358 g/mol. The highest BCUT2D eigenvalue weighted by atomic mass is 35.5. The van der Waals surface area contributed by atoms with Crippen molar-refractivity contribution in [2.45, 2.75) is 20.5 Å². The lowest BCUT2D eigenvalue weighted by atomic mass is 10.2. The summed E-state index contributed by atoms with van der Waals surface area (Å²) in [5, 5.41) is 6.90. The van der Waals surface area contributed by atoms with Crippen LogP contribution in [0.2, 0.25) is 5.15 Å². The number of nitrogens with one attached hydrogen (secondary N) is 1. The number of aromatic nitrogens is 2. The molecule has 25 heavy (non-hydrogen) atoms. The van der Waals surface area contributed by atoms with Crippen LogP contribution in [0.15, 0.2) is 47.0 Å². The molecule has 0 unspecified atom stereocenters. The van der Waals surface area contributed by atoms with Crippen molar-refractivity contribution in [2.75, 3.05) is 5.32 Å². The van der Waals surface area contributed by atoms with Crippen LogP contribution in [0.25, 0.3) is 0 Å². The Hall–Kier alpha value is -2.86. The number of nitrogens with zero attached hydrogens (tertiary/aromatic N) is 2. The van der Waals surface area contributed by atoms with E-state index in [9.17, 15) is 4.79 Å². The van der Waals surface area contributed by atoms with E-state index < -0.39 is 0 Å². The Kier molecular flexibility index (Phi) is 5.00. The van der Waals surface area contributed by atoms with Crippen LogP contribution in [0.1, 0.15) is 27.4 Å². The minimum absolute atomic E-state index is 0.271. The first kappa shape index (κ1) is 17.0. The quantitative estimate of drug-likeness (QED) is 0.693. The number of anilines is 1. The summed E-state index contributed by atoms with van der Waals surface area (Å²) in [6, 6.07) is 11.9. The van der Waals surface area contributed by atoms with Crippen LogP contribution < -0.4 is 10.1 Å². The highest BCUT2D eigenvalue weighted by molar-refractivity contribution is 6.29. The summed E-state index contributed by atoms with van der Waals surface area (Å²) in [4.78, 5) is 16.2. The molecule has 3 aromatic rings. The molecule has 0 fully saturated rings. The molecule has 0 aliphatic carbocycles. The fourth-order valence-electron chi connectivity index (χ4n) is 2.23. The summed E-state index contributed by atoms with van der Waals surface area (Å²) in [6.07, 6.45) is 0. The number of halogens is 1. The van der Waals surface area contributed by atoms with Gasteiger partial charge in [-0.15, -0.1) is 0 Å². The molecule has 2 heterocycles. The van der Waals surface area contributed by atoms with Gasteiger partial charge in [-0.05, 0) is 50.2 Å². The van der Waals surface area contributed by atoms with E-state index in [2.05, 4.69) is 15.5 Å². The van der Waals surface area contributed by atoms with Gasteiger partial charge >= 0.3 is 0 Å². The number of hydrogen-bond donors (Lipinski definition) is 1. The molecule has 0 spiro atoms. The van der Waals surface area contributed by atoms with Crippen LogP contribution in [0.5, 0.6) is 5.75 Å². The van der Waals surface area contributed by atoms with Crippen LogP contribution in [0, 0.1) is 13.8 Å². The first-order valence-corrected chi connectivity index (χ1v) is 7.99. The predicted molar refractivity (Wildman–Crippen MR) is 94.0 cm³/mol. The maximum Gasteiger partial charge on any atom is 0.256 e. The van der Waals surface area contributed by atoms with Crippen molar-refractivity contribution in [1.29, 1.82) is 0 Å². The van der Waals surface area contributed by atoms with E-state index in [-0.39, 0.29) is 5.91 Å². The number of aryl methyl sites for hydroxylation is 2. The van der Waals surface area contributed by atoms with Crippen molar-refractivity contribution < 1.29 is 14.1 Å². The highest BCUT2D eigenvalue weighted by Gasteiger charge is 2.11. The number of rotatable bonds is 5. The van der Waals surface area contributed by atoms with Crippen LogP contribution in [-0.2, 0) is 6.61 Å². The number of carbonyl (C=O) groups excluding carboxylic acids is 1. The van der Waals surface area contributed by atoms with Gasteiger partial charge in [-0.3, -0.25) is 4.79 Å². The van der Waals surface area contributed by atoms with Crippen molar-refractivity contribution in [3.05, 3.63) is 70.2 Å². The van der Waals surface area contributed by atoms with Gasteiger partial charge in [0.1, 0.15) is 29.1 Å². The second-order valence-electron chi connectivity index (χ2n) is 5.42. The number of carbonyl (C=O) groups is 1. The summed E-state index contributed by atoms with van der Waals surface area (Å²) < 4.78 is 10.8. The topological polar surface area (TPSA) is 77.2 Å². The third-order valence-corrected chi connectivity index (χ3v) is 3.85. The van der Waals surface area contributed by atoms with Gasteiger partial charge in [-0.2, -0.15) is 0 Å². The maximum absolute atomic E-state index is 12.2. The van der Waals surface area contributed by atoms with Crippen LogP contribution >= 0.6 is 11.6 Å². The fraction of sp³-hybridized carbons (Fsp3) is 0.167. The summed E-state index contributed by atoms with van der Waals surface area (Å²) >= 11 is 5.80. The van der Waals surface area contributed by atoms with Gasteiger partial charge in [0, 0.05) is 5.56 Å². The van der Waals surface area contributed by atoms with E-state index in [1.807, 2.05) is 13.8 Å². The van der Waals surface area contributed by atoms with Crippen LogP contribution in [-0.4, -0.2) is 16.0 Å². The normalized spacial score (nSPS) is 10.5. The Bertz CT molecular complexity index is 871. The third-order valence-electron chi connectivity index (χ3n) is 3.64. The number of hydrogen-bond acceptors (Lipinski definition) is 5. The average Bonchev–Trinajstić information content (AvgIpc) is 2.92. The molecular formula is C18H16ClN3O3. The molecule has 128 valence electrons. The lowest BCUT2D eigenvalue weighted by Gasteiger charge is -2.08. The molecule has 0 saturated heterocycles. The van der Waals surface area contributed by atoms with Gasteiger partial charge < -0.3 is 14.6 Å². The van der Waals surface area contributed by atoms with Gasteiger partial charge in [0.25, 0.3) is 5.91 Å². The Balaban J connectivity index is 1.62. The minimum atomic E-state index is -0.271. The Morgan fingerprint density at radius 3 is 2.60 bits per heavy atom. The van der Waals surface area contributed by atoms with E-state index >= 15 is 0 Å². The van der Waals surface area contributed by atoms with E-state index in [4.69, 9.17) is 20.9 Å². The van der Waals surface area contributed by atoms with Gasteiger partial charge in [0.05, 0.1) is 11.3 Å². The molecule has 1 amide bonds. The number of benzene rings is 1. The van der Waals surface area contributed by atoms with Gasteiger partial charge in [0.2, 0.25) is 0 Å². The Morgan fingerprint density at radius 2 is 1.96 bits per heavy atom. The molecule has 0 bridgehead atoms.